The van der Waals surface area contributed by atoms with E-state index in [1.54, 1.807) is 13.8 Å². The molecule has 0 heterocycles. The van der Waals surface area contributed by atoms with Crippen LogP contribution in [0.1, 0.15) is 69.9 Å². The number of unbranched alkanes of at least 4 members (excludes halogenated alkanes) is 3. The van der Waals surface area contributed by atoms with Crippen LogP contribution >= 0.6 is 0 Å². The molecule has 0 bridgehead atoms. The lowest BCUT2D eigenvalue weighted by Crippen LogP contribution is -2.29. The van der Waals surface area contributed by atoms with E-state index < -0.39 is 0 Å². The summed E-state index contributed by atoms with van der Waals surface area (Å²) in [5, 5.41) is 0. The second kappa shape index (κ2) is 10.4. The maximum Gasteiger partial charge on any atom is 0.223 e. The molecule has 0 spiro atoms. The molecule has 0 saturated carbocycles. The molecule has 1 aliphatic rings. The number of benzene rings is 2. The van der Waals surface area contributed by atoms with E-state index in [1.807, 2.05) is 4.90 Å². The highest BCUT2D eigenvalue weighted by Crippen LogP contribution is 2.32. The second-order valence-corrected chi connectivity index (χ2v) is 8.42. The van der Waals surface area contributed by atoms with Crippen molar-refractivity contribution in [2.24, 2.45) is 0 Å². The number of ketones is 1. The average molecular weight is 404 g/mol. The Labute approximate surface area is 180 Å². The molecular weight excluding hydrogens is 370 g/mol. The minimum Gasteiger partial charge on any atom is -0.313 e. The van der Waals surface area contributed by atoms with Crippen molar-refractivity contribution in [2.45, 2.75) is 65.2 Å². The molecule has 1 unspecified atom stereocenters. The van der Waals surface area contributed by atoms with Gasteiger partial charge in [0.25, 0.3) is 0 Å². The molecule has 0 aromatic heterocycles. The van der Waals surface area contributed by atoms with E-state index in [4.69, 9.17) is 0 Å². The number of anilines is 1. The Morgan fingerprint density at radius 1 is 0.933 bits per heavy atom. The monoisotopic (exact) mass is 403 g/mol. The molecule has 0 N–H and O–H groups in total. The van der Waals surface area contributed by atoms with Crippen molar-refractivity contribution in [3.8, 4) is 11.1 Å². The number of rotatable bonds is 9. The first-order valence-corrected chi connectivity index (χ1v) is 11.1. The van der Waals surface area contributed by atoms with E-state index in [9.17, 15) is 9.59 Å². The highest BCUT2D eigenvalue weighted by molar-refractivity contribution is 5.91. The van der Waals surface area contributed by atoms with Crippen molar-refractivity contribution in [3.05, 3.63) is 65.7 Å². The van der Waals surface area contributed by atoms with Crippen LogP contribution in [0.3, 0.4) is 0 Å². The Morgan fingerprint density at radius 3 is 2.33 bits per heavy atom. The van der Waals surface area contributed by atoms with E-state index in [1.165, 1.54) is 22.3 Å². The van der Waals surface area contributed by atoms with Crippen LogP contribution in [-0.2, 0) is 16.0 Å². The number of amides is 1. The quantitative estimate of drug-likeness (QED) is 0.356. The van der Waals surface area contributed by atoms with Gasteiger partial charge in [-0.25, -0.2) is 0 Å². The fourth-order valence-electron chi connectivity index (χ4n) is 4.19. The van der Waals surface area contributed by atoms with Crippen LogP contribution in [-0.4, -0.2) is 18.2 Å². The standard InChI is InChI=1S/C27H33NO2/c1-20-9-8-11-24-12-13-25(19-27(20)24)23-14-16-26(17-15-23)28(22(3)30)18-7-5-4-6-10-21(2)29/h8-9,12-17,19-20H,4-7,10-11,18H2,1-3H3. The lowest BCUT2D eigenvalue weighted by atomic mass is 9.87. The molecule has 0 fully saturated rings. The number of hydrogen-bond donors (Lipinski definition) is 0. The summed E-state index contributed by atoms with van der Waals surface area (Å²) in [7, 11) is 0. The maximum absolute atomic E-state index is 12.2. The van der Waals surface area contributed by atoms with Crippen LogP contribution in [0.5, 0.6) is 0 Å². The van der Waals surface area contributed by atoms with Gasteiger partial charge in [0.05, 0.1) is 0 Å². The average Bonchev–Trinajstić information content (AvgIpc) is 2.73. The Bertz CT molecular complexity index is 911. The van der Waals surface area contributed by atoms with Crippen LogP contribution < -0.4 is 4.90 Å². The van der Waals surface area contributed by atoms with Crippen LogP contribution in [0.15, 0.2) is 54.6 Å². The minimum absolute atomic E-state index is 0.0703. The molecule has 3 rings (SSSR count). The van der Waals surface area contributed by atoms with Crippen LogP contribution in [0.4, 0.5) is 5.69 Å². The summed E-state index contributed by atoms with van der Waals surface area (Å²) in [6.45, 7) is 6.23. The third-order valence-corrected chi connectivity index (χ3v) is 5.95. The summed E-state index contributed by atoms with van der Waals surface area (Å²) in [5.41, 5.74) is 6.17. The van der Waals surface area contributed by atoms with E-state index in [0.717, 1.165) is 44.3 Å². The lowest BCUT2D eigenvalue weighted by molar-refractivity contribution is -0.117. The van der Waals surface area contributed by atoms with Crippen LogP contribution in [0.2, 0.25) is 0 Å². The summed E-state index contributed by atoms with van der Waals surface area (Å²) >= 11 is 0. The summed E-state index contributed by atoms with van der Waals surface area (Å²) < 4.78 is 0. The van der Waals surface area contributed by atoms with Crippen molar-refractivity contribution in [3.63, 3.8) is 0 Å². The third kappa shape index (κ3) is 5.69. The zero-order valence-corrected chi connectivity index (χ0v) is 18.5. The molecule has 1 aliphatic carbocycles. The zero-order valence-electron chi connectivity index (χ0n) is 18.5. The van der Waals surface area contributed by atoms with Crippen molar-refractivity contribution in [2.75, 3.05) is 11.4 Å². The number of Topliss-reactive ketones (excluding diaryl/α,β-unsaturated/α-hetero) is 1. The predicted molar refractivity (Wildman–Crippen MR) is 125 cm³/mol. The molecule has 3 heteroatoms. The third-order valence-electron chi connectivity index (χ3n) is 5.95. The predicted octanol–water partition coefficient (Wildman–Crippen LogP) is 6.46. The Morgan fingerprint density at radius 2 is 1.63 bits per heavy atom. The largest absolute Gasteiger partial charge is 0.313 e. The SMILES string of the molecule is CC(=O)CCCCCCN(C(C)=O)c1ccc(-c2ccc3c(c2)C(C)C=CC3)cc1. The zero-order chi connectivity index (χ0) is 21.5. The van der Waals surface area contributed by atoms with Gasteiger partial charge in [0, 0.05) is 25.6 Å². The van der Waals surface area contributed by atoms with Crippen molar-refractivity contribution in [1.82, 2.24) is 0 Å². The highest BCUT2D eigenvalue weighted by Gasteiger charge is 2.14. The Kier molecular flexibility index (Phi) is 7.62. The molecule has 1 amide bonds. The first-order valence-electron chi connectivity index (χ1n) is 11.1. The first-order chi connectivity index (χ1) is 14.5. The van der Waals surface area contributed by atoms with Gasteiger partial charge in [-0.1, -0.05) is 62.2 Å². The Balaban J connectivity index is 1.64. The van der Waals surface area contributed by atoms with Gasteiger partial charge < -0.3 is 9.69 Å². The summed E-state index contributed by atoms with van der Waals surface area (Å²) in [4.78, 5) is 25.1. The van der Waals surface area contributed by atoms with Gasteiger partial charge in [0.1, 0.15) is 5.78 Å². The van der Waals surface area contributed by atoms with Crippen LogP contribution in [0, 0.1) is 0 Å². The van der Waals surface area contributed by atoms with Crippen molar-refractivity contribution >= 4 is 17.4 Å². The van der Waals surface area contributed by atoms with E-state index in [2.05, 4.69) is 61.5 Å². The van der Waals surface area contributed by atoms with Crippen molar-refractivity contribution < 1.29 is 9.59 Å². The minimum atomic E-state index is 0.0703. The first kappa shape index (κ1) is 22.0. The molecule has 158 valence electrons. The van der Waals surface area contributed by atoms with E-state index >= 15 is 0 Å². The van der Waals surface area contributed by atoms with Gasteiger partial charge in [-0.05, 0) is 66.5 Å². The van der Waals surface area contributed by atoms with Crippen LogP contribution in [0.25, 0.3) is 11.1 Å². The highest BCUT2D eigenvalue weighted by atomic mass is 16.2. The number of carbonyl (C=O) groups excluding carboxylic acids is 2. The number of carbonyl (C=O) groups is 2. The summed E-state index contributed by atoms with van der Waals surface area (Å²) in [5.74, 6) is 0.780. The molecule has 3 nitrogen and oxygen atoms in total. The molecule has 1 atom stereocenters. The number of fused-ring (bicyclic) bond motifs is 1. The van der Waals surface area contributed by atoms with E-state index in [0.29, 0.717) is 12.3 Å². The second-order valence-electron chi connectivity index (χ2n) is 8.42. The van der Waals surface area contributed by atoms with E-state index in [-0.39, 0.29) is 11.7 Å². The normalized spacial score (nSPS) is 15.0. The summed E-state index contributed by atoms with van der Waals surface area (Å²) in [6.07, 6.45) is 10.2. The molecule has 0 aliphatic heterocycles. The molecule has 2 aromatic rings. The van der Waals surface area contributed by atoms with Gasteiger partial charge in [-0.2, -0.15) is 0 Å². The number of allylic oxidation sites excluding steroid dienone is 2. The fourth-order valence-corrected chi connectivity index (χ4v) is 4.19. The summed E-state index contributed by atoms with van der Waals surface area (Å²) in [6, 6.07) is 15.1. The van der Waals surface area contributed by atoms with Gasteiger partial charge in [0.15, 0.2) is 0 Å². The van der Waals surface area contributed by atoms with Gasteiger partial charge in [-0.3, -0.25) is 4.79 Å². The van der Waals surface area contributed by atoms with Gasteiger partial charge in [0.2, 0.25) is 5.91 Å². The smallest absolute Gasteiger partial charge is 0.223 e. The Hall–Kier alpha value is -2.68. The molecule has 0 saturated heterocycles. The molecular formula is C27H33NO2. The maximum atomic E-state index is 12.2. The number of hydrogen-bond acceptors (Lipinski definition) is 2. The fraction of sp³-hybridized carbons (Fsp3) is 0.407. The molecule has 2 aromatic carbocycles. The van der Waals surface area contributed by atoms with Gasteiger partial charge >= 0.3 is 0 Å². The van der Waals surface area contributed by atoms with Gasteiger partial charge in [-0.15, -0.1) is 0 Å². The lowest BCUT2D eigenvalue weighted by Gasteiger charge is -2.22. The topological polar surface area (TPSA) is 37.4 Å². The molecule has 30 heavy (non-hydrogen) atoms. The molecule has 0 radical (unpaired) electrons. The number of nitrogens with zero attached hydrogens (tertiary/aromatic N) is 1. The van der Waals surface area contributed by atoms with Crippen molar-refractivity contribution in [1.29, 1.82) is 0 Å².